The van der Waals surface area contributed by atoms with E-state index in [1.54, 1.807) is 19.2 Å². The smallest absolute Gasteiger partial charge is 0.316 e. The molecule has 1 aliphatic heterocycles. The van der Waals surface area contributed by atoms with Gasteiger partial charge < -0.3 is 14.6 Å². The Morgan fingerprint density at radius 2 is 1.79 bits per heavy atom. The fourth-order valence-corrected chi connectivity index (χ4v) is 5.05. The van der Waals surface area contributed by atoms with Crippen molar-refractivity contribution in [3.8, 4) is 17.1 Å². The third kappa shape index (κ3) is 5.23. The van der Waals surface area contributed by atoms with Crippen LogP contribution >= 0.6 is 0 Å². The van der Waals surface area contributed by atoms with E-state index in [-0.39, 0.29) is 16.6 Å². The standard InChI is InChI=1S/C23H26N4O5S/c1-16-11-13-27(14-12-16)33(29,30)20-9-5-18(6-10-20)21-25-23(32-26-21)22(28)24-15-17-3-7-19(31-2)8-4-17/h3-10,16H,11-15H2,1-2H3,(H,24,28). The second kappa shape index (κ2) is 9.72. The molecule has 10 heteroatoms. The molecule has 4 rings (SSSR count). The molecule has 0 spiro atoms. The van der Waals surface area contributed by atoms with E-state index in [4.69, 9.17) is 9.26 Å². The number of piperidine rings is 1. The van der Waals surface area contributed by atoms with Gasteiger partial charge in [-0.05, 0) is 60.7 Å². The quantitative estimate of drug-likeness (QED) is 0.564. The Kier molecular flexibility index (Phi) is 6.75. The molecule has 1 aromatic heterocycles. The molecule has 1 fully saturated rings. The van der Waals surface area contributed by atoms with Gasteiger partial charge in [0.25, 0.3) is 0 Å². The van der Waals surface area contributed by atoms with Crippen LogP contribution in [0.2, 0.25) is 0 Å². The molecule has 0 aliphatic carbocycles. The zero-order valence-corrected chi connectivity index (χ0v) is 19.3. The maximum absolute atomic E-state index is 12.9. The monoisotopic (exact) mass is 470 g/mol. The molecule has 0 atom stereocenters. The van der Waals surface area contributed by atoms with Crippen molar-refractivity contribution in [1.29, 1.82) is 0 Å². The van der Waals surface area contributed by atoms with Gasteiger partial charge in [0.2, 0.25) is 15.8 Å². The second-order valence-corrected chi connectivity index (χ2v) is 10.0. The second-order valence-electron chi connectivity index (χ2n) is 8.06. The number of ether oxygens (including phenoxy) is 1. The highest BCUT2D eigenvalue weighted by Gasteiger charge is 2.28. The maximum Gasteiger partial charge on any atom is 0.316 e. The van der Waals surface area contributed by atoms with Crippen molar-refractivity contribution < 1.29 is 22.5 Å². The normalized spacial score (nSPS) is 15.3. The van der Waals surface area contributed by atoms with Gasteiger partial charge in [-0.15, -0.1) is 0 Å². The third-order valence-electron chi connectivity index (χ3n) is 5.73. The van der Waals surface area contributed by atoms with Crippen LogP contribution in [0.5, 0.6) is 5.75 Å². The molecule has 2 aromatic carbocycles. The molecular formula is C23H26N4O5S. The summed E-state index contributed by atoms with van der Waals surface area (Å²) in [5.41, 5.74) is 1.45. The van der Waals surface area contributed by atoms with Crippen LogP contribution in [0.25, 0.3) is 11.4 Å². The largest absolute Gasteiger partial charge is 0.497 e. The molecule has 2 heterocycles. The number of methoxy groups -OCH3 is 1. The van der Waals surface area contributed by atoms with Crippen LogP contribution < -0.4 is 10.1 Å². The van der Waals surface area contributed by atoms with Gasteiger partial charge in [-0.2, -0.15) is 9.29 Å². The van der Waals surface area contributed by atoms with Crippen molar-refractivity contribution in [3.05, 3.63) is 60.0 Å². The van der Waals surface area contributed by atoms with Crippen molar-refractivity contribution in [2.24, 2.45) is 5.92 Å². The van der Waals surface area contributed by atoms with Crippen molar-refractivity contribution in [2.75, 3.05) is 20.2 Å². The Bertz CT molecular complexity index is 1200. The third-order valence-corrected chi connectivity index (χ3v) is 7.64. The van der Waals surface area contributed by atoms with Gasteiger partial charge in [0.15, 0.2) is 0 Å². The van der Waals surface area contributed by atoms with Gasteiger partial charge in [0, 0.05) is 25.2 Å². The van der Waals surface area contributed by atoms with Crippen molar-refractivity contribution in [2.45, 2.75) is 31.2 Å². The predicted octanol–water partition coefficient (Wildman–Crippen LogP) is 3.10. The molecular weight excluding hydrogens is 444 g/mol. The van der Waals surface area contributed by atoms with Gasteiger partial charge in [-0.1, -0.05) is 24.2 Å². The fraction of sp³-hybridized carbons (Fsp3) is 0.348. The minimum atomic E-state index is -3.53. The summed E-state index contributed by atoms with van der Waals surface area (Å²) in [6.45, 7) is 3.50. The molecule has 0 bridgehead atoms. The van der Waals surface area contributed by atoms with Crippen LogP contribution in [0.4, 0.5) is 0 Å². The summed E-state index contributed by atoms with van der Waals surface area (Å²) >= 11 is 0. The highest BCUT2D eigenvalue weighted by atomic mass is 32.2. The van der Waals surface area contributed by atoms with Crippen LogP contribution in [0.3, 0.4) is 0 Å². The van der Waals surface area contributed by atoms with E-state index in [2.05, 4.69) is 22.4 Å². The number of amides is 1. The number of aromatic nitrogens is 2. The molecule has 0 radical (unpaired) electrons. The Balaban J connectivity index is 1.40. The average molecular weight is 471 g/mol. The lowest BCUT2D eigenvalue weighted by atomic mass is 10.0. The van der Waals surface area contributed by atoms with E-state index in [1.165, 1.54) is 16.4 Å². The summed E-state index contributed by atoms with van der Waals surface area (Å²) in [4.78, 5) is 16.7. The number of benzene rings is 2. The highest BCUT2D eigenvalue weighted by molar-refractivity contribution is 7.89. The zero-order valence-electron chi connectivity index (χ0n) is 18.5. The summed E-state index contributed by atoms with van der Waals surface area (Å²) in [6, 6.07) is 13.6. The first-order chi connectivity index (χ1) is 15.9. The van der Waals surface area contributed by atoms with Gasteiger partial charge in [-0.3, -0.25) is 4.79 Å². The van der Waals surface area contributed by atoms with E-state index in [9.17, 15) is 13.2 Å². The molecule has 3 aromatic rings. The molecule has 1 saturated heterocycles. The molecule has 1 N–H and O–H groups in total. The number of carbonyl (C=O) groups excluding carboxylic acids is 1. The fourth-order valence-electron chi connectivity index (χ4n) is 3.58. The molecule has 1 amide bonds. The highest BCUT2D eigenvalue weighted by Crippen LogP contribution is 2.25. The Hall–Kier alpha value is -3.24. The zero-order chi connectivity index (χ0) is 23.4. The summed E-state index contributed by atoms with van der Waals surface area (Å²) in [5, 5.41) is 6.58. The van der Waals surface area contributed by atoms with Crippen LogP contribution in [0.15, 0.2) is 57.9 Å². The Morgan fingerprint density at radius 3 is 2.42 bits per heavy atom. The summed E-state index contributed by atoms with van der Waals surface area (Å²) in [5.74, 6) is 0.816. The van der Waals surface area contributed by atoms with Gasteiger partial charge in [0.05, 0.1) is 12.0 Å². The lowest BCUT2D eigenvalue weighted by Gasteiger charge is -2.29. The van der Waals surface area contributed by atoms with Gasteiger partial charge in [0.1, 0.15) is 5.75 Å². The number of hydrogen-bond acceptors (Lipinski definition) is 7. The van der Waals surface area contributed by atoms with Crippen LogP contribution in [0.1, 0.15) is 36.0 Å². The number of carbonyl (C=O) groups is 1. The summed E-state index contributed by atoms with van der Waals surface area (Å²) in [7, 11) is -1.94. The first-order valence-electron chi connectivity index (χ1n) is 10.7. The number of nitrogens with one attached hydrogen (secondary N) is 1. The molecule has 0 unspecified atom stereocenters. The van der Waals surface area contributed by atoms with E-state index < -0.39 is 15.9 Å². The molecule has 174 valence electrons. The van der Waals surface area contributed by atoms with E-state index in [1.807, 2.05) is 24.3 Å². The van der Waals surface area contributed by atoms with Gasteiger partial charge in [-0.25, -0.2) is 8.42 Å². The lowest BCUT2D eigenvalue weighted by Crippen LogP contribution is -2.37. The van der Waals surface area contributed by atoms with Crippen molar-refractivity contribution >= 4 is 15.9 Å². The van der Waals surface area contributed by atoms with Crippen LogP contribution in [0, 0.1) is 5.92 Å². The average Bonchev–Trinajstić information content (AvgIpc) is 3.34. The molecule has 0 saturated carbocycles. The summed E-state index contributed by atoms with van der Waals surface area (Å²) < 4.78 is 37.5. The van der Waals surface area contributed by atoms with E-state index >= 15 is 0 Å². The minimum absolute atomic E-state index is 0.169. The number of sulfonamides is 1. The van der Waals surface area contributed by atoms with E-state index in [0.717, 1.165) is 24.2 Å². The van der Waals surface area contributed by atoms with E-state index in [0.29, 0.717) is 31.1 Å². The molecule has 9 nitrogen and oxygen atoms in total. The SMILES string of the molecule is COc1ccc(CNC(=O)c2nc(-c3ccc(S(=O)(=O)N4CCC(C)CC4)cc3)no2)cc1. The van der Waals surface area contributed by atoms with Gasteiger partial charge >= 0.3 is 11.8 Å². The topological polar surface area (TPSA) is 115 Å². The summed E-state index contributed by atoms with van der Waals surface area (Å²) in [6.07, 6.45) is 1.73. The predicted molar refractivity (Wildman–Crippen MR) is 121 cm³/mol. The van der Waals surface area contributed by atoms with Crippen molar-refractivity contribution in [1.82, 2.24) is 19.8 Å². The van der Waals surface area contributed by atoms with Crippen LogP contribution in [-0.2, 0) is 16.6 Å². The first-order valence-corrected chi connectivity index (χ1v) is 12.2. The Morgan fingerprint density at radius 1 is 1.12 bits per heavy atom. The number of rotatable bonds is 7. The first kappa shape index (κ1) is 22.9. The molecule has 33 heavy (non-hydrogen) atoms. The lowest BCUT2D eigenvalue weighted by molar-refractivity contribution is 0.0907. The van der Waals surface area contributed by atoms with Crippen molar-refractivity contribution in [3.63, 3.8) is 0 Å². The Labute approximate surface area is 192 Å². The minimum Gasteiger partial charge on any atom is -0.497 e. The molecule has 1 aliphatic rings. The maximum atomic E-state index is 12.9. The number of hydrogen-bond donors (Lipinski definition) is 1. The number of nitrogens with zero attached hydrogens (tertiary/aromatic N) is 3. The van der Waals surface area contributed by atoms with Crippen LogP contribution in [-0.4, -0.2) is 49.0 Å².